The zero-order chi connectivity index (χ0) is 18.3. The van der Waals surface area contributed by atoms with Gasteiger partial charge in [0.2, 0.25) is 0 Å². The molecule has 1 atom stereocenters. The van der Waals surface area contributed by atoms with Gasteiger partial charge in [0.05, 0.1) is 6.10 Å². The minimum absolute atomic E-state index is 0.132. The average Bonchev–Trinajstić information content (AvgIpc) is 2.54. The molecule has 0 aliphatic carbocycles. The Labute approximate surface area is 154 Å². The summed E-state index contributed by atoms with van der Waals surface area (Å²) in [7, 11) is 0. The van der Waals surface area contributed by atoms with Gasteiger partial charge < -0.3 is 15.3 Å². The lowest BCUT2D eigenvalue weighted by Gasteiger charge is -2.05. The number of hydrogen-bond acceptors (Lipinski definition) is 3. The van der Waals surface area contributed by atoms with Gasteiger partial charge in [0.25, 0.3) is 0 Å². The number of aryl methyl sites for hydroxylation is 1. The molecule has 3 heteroatoms. The fraction of sp³-hybridized carbons (Fsp3) is 0.727. The highest BCUT2D eigenvalue weighted by Crippen LogP contribution is 2.22. The zero-order valence-electron chi connectivity index (χ0n) is 16.1. The summed E-state index contributed by atoms with van der Waals surface area (Å²) in [5, 5.41) is 28.1. The number of benzene rings is 1. The van der Waals surface area contributed by atoms with Crippen LogP contribution in [0.2, 0.25) is 0 Å². The van der Waals surface area contributed by atoms with Crippen molar-refractivity contribution in [3.05, 3.63) is 23.8 Å². The summed E-state index contributed by atoms with van der Waals surface area (Å²) in [6.45, 7) is 1.87. The van der Waals surface area contributed by atoms with Gasteiger partial charge >= 0.3 is 0 Å². The molecule has 0 radical (unpaired) electrons. The fourth-order valence-corrected chi connectivity index (χ4v) is 3.34. The van der Waals surface area contributed by atoms with Crippen LogP contribution in [0.5, 0.6) is 11.5 Å². The zero-order valence-corrected chi connectivity index (χ0v) is 16.1. The van der Waals surface area contributed by atoms with E-state index in [1.54, 1.807) is 12.1 Å². The number of aliphatic hydroxyl groups is 1. The number of aliphatic hydroxyl groups excluding tert-OH is 1. The van der Waals surface area contributed by atoms with Gasteiger partial charge in [0.1, 0.15) is 11.5 Å². The molecular weight excluding hydrogens is 312 g/mol. The summed E-state index contributed by atoms with van der Waals surface area (Å²) in [6.07, 6.45) is 17.2. The van der Waals surface area contributed by atoms with E-state index in [0.717, 1.165) is 24.8 Å². The quantitative estimate of drug-likeness (QED) is 0.335. The summed E-state index contributed by atoms with van der Waals surface area (Å²) in [5.41, 5.74) is 1.02. The van der Waals surface area contributed by atoms with Crippen molar-refractivity contribution in [2.75, 3.05) is 0 Å². The Hall–Kier alpha value is -1.22. The Morgan fingerprint density at radius 1 is 0.640 bits per heavy atom. The molecule has 0 aliphatic heterocycles. The molecule has 0 bridgehead atoms. The molecule has 0 aliphatic rings. The minimum atomic E-state index is -0.132. The molecule has 0 saturated heterocycles. The first-order chi connectivity index (χ1) is 12.1. The third kappa shape index (κ3) is 12.7. The van der Waals surface area contributed by atoms with Gasteiger partial charge in [-0.3, -0.25) is 0 Å². The van der Waals surface area contributed by atoms with Gasteiger partial charge in [0.15, 0.2) is 0 Å². The Bertz CT molecular complexity index is 423. The summed E-state index contributed by atoms with van der Waals surface area (Å²) in [6, 6.07) is 4.85. The SMILES string of the molecule is C[C@@H](O)CCCCCCCCCCCCCCc1cc(O)cc(O)c1. The van der Waals surface area contributed by atoms with Crippen molar-refractivity contribution in [3.8, 4) is 11.5 Å². The third-order valence-electron chi connectivity index (χ3n) is 4.80. The molecule has 0 aromatic heterocycles. The summed E-state index contributed by atoms with van der Waals surface area (Å²) >= 11 is 0. The second-order valence-electron chi connectivity index (χ2n) is 7.49. The number of aromatic hydroxyl groups is 2. The van der Waals surface area contributed by atoms with Gasteiger partial charge in [-0.25, -0.2) is 0 Å². The number of phenols is 2. The maximum Gasteiger partial charge on any atom is 0.119 e. The Balaban J connectivity index is 1.83. The highest BCUT2D eigenvalue weighted by atomic mass is 16.3. The Kier molecular flexibility index (Phi) is 12.2. The molecule has 0 amide bonds. The fourth-order valence-electron chi connectivity index (χ4n) is 3.34. The first-order valence-electron chi connectivity index (χ1n) is 10.3. The lowest BCUT2D eigenvalue weighted by Crippen LogP contribution is -1.98. The number of phenolic OH excluding ortho intramolecular Hbond substituents is 2. The van der Waals surface area contributed by atoms with E-state index in [2.05, 4.69) is 0 Å². The molecule has 25 heavy (non-hydrogen) atoms. The van der Waals surface area contributed by atoms with E-state index in [0.29, 0.717) is 0 Å². The molecule has 3 N–H and O–H groups in total. The minimum Gasteiger partial charge on any atom is -0.508 e. The van der Waals surface area contributed by atoms with Crippen LogP contribution in [0, 0.1) is 0 Å². The Morgan fingerprint density at radius 3 is 1.48 bits per heavy atom. The van der Waals surface area contributed by atoms with Crippen LogP contribution in [0.25, 0.3) is 0 Å². The van der Waals surface area contributed by atoms with Crippen molar-refractivity contribution in [1.29, 1.82) is 0 Å². The smallest absolute Gasteiger partial charge is 0.119 e. The normalized spacial score (nSPS) is 12.4. The van der Waals surface area contributed by atoms with Gasteiger partial charge in [-0.05, 0) is 43.9 Å². The third-order valence-corrected chi connectivity index (χ3v) is 4.80. The van der Waals surface area contributed by atoms with Gasteiger partial charge in [0, 0.05) is 6.07 Å². The predicted molar refractivity (Wildman–Crippen MR) is 105 cm³/mol. The molecule has 1 aromatic carbocycles. The molecule has 144 valence electrons. The first-order valence-corrected chi connectivity index (χ1v) is 10.3. The topological polar surface area (TPSA) is 60.7 Å². The van der Waals surface area contributed by atoms with E-state index in [1.807, 2.05) is 6.92 Å². The number of hydrogen-bond donors (Lipinski definition) is 3. The maximum absolute atomic E-state index is 9.45. The standard InChI is InChI=1S/C22H38O3/c1-19(23)14-12-10-8-6-4-2-3-5-7-9-11-13-15-20-16-21(24)18-22(25)17-20/h16-19,23-25H,2-15H2,1H3/t19-/m1/s1. The number of rotatable bonds is 15. The highest BCUT2D eigenvalue weighted by Gasteiger charge is 2.00. The lowest BCUT2D eigenvalue weighted by atomic mass is 10.0. The molecule has 0 saturated carbocycles. The molecule has 0 spiro atoms. The average molecular weight is 351 g/mol. The van der Waals surface area contributed by atoms with Crippen LogP contribution in [0.15, 0.2) is 18.2 Å². The molecule has 1 aromatic rings. The van der Waals surface area contributed by atoms with E-state index in [4.69, 9.17) is 0 Å². The molecular formula is C22H38O3. The van der Waals surface area contributed by atoms with Crippen LogP contribution >= 0.6 is 0 Å². The Morgan fingerprint density at radius 2 is 1.04 bits per heavy atom. The second kappa shape index (κ2) is 14.0. The summed E-state index contributed by atoms with van der Waals surface area (Å²) < 4.78 is 0. The van der Waals surface area contributed by atoms with Crippen LogP contribution in [-0.4, -0.2) is 21.4 Å². The molecule has 0 heterocycles. The monoisotopic (exact) mass is 350 g/mol. The van der Waals surface area contributed by atoms with E-state index in [1.165, 1.54) is 76.7 Å². The van der Waals surface area contributed by atoms with Crippen molar-refractivity contribution in [1.82, 2.24) is 0 Å². The van der Waals surface area contributed by atoms with Crippen LogP contribution in [0.1, 0.15) is 96.0 Å². The van der Waals surface area contributed by atoms with E-state index >= 15 is 0 Å². The summed E-state index contributed by atoms with van der Waals surface area (Å²) in [5.74, 6) is 0.302. The van der Waals surface area contributed by atoms with Crippen molar-refractivity contribution in [2.24, 2.45) is 0 Å². The first kappa shape index (κ1) is 21.8. The van der Waals surface area contributed by atoms with Crippen molar-refractivity contribution < 1.29 is 15.3 Å². The molecule has 0 unspecified atom stereocenters. The van der Waals surface area contributed by atoms with Gasteiger partial charge in [-0.1, -0.05) is 70.6 Å². The predicted octanol–water partition coefficient (Wildman–Crippen LogP) is 6.09. The highest BCUT2D eigenvalue weighted by molar-refractivity contribution is 5.36. The van der Waals surface area contributed by atoms with Crippen LogP contribution in [0.3, 0.4) is 0 Å². The van der Waals surface area contributed by atoms with E-state index in [-0.39, 0.29) is 17.6 Å². The van der Waals surface area contributed by atoms with Crippen molar-refractivity contribution in [3.63, 3.8) is 0 Å². The number of unbranched alkanes of at least 4 members (excludes halogenated alkanes) is 11. The largest absolute Gasteiger partial charge is 0.508 e. The van der Waals surface area contributed by atoms with E-state index < -0.39 is 0 Å². The van der Waals surface area contributed by atoms with Gasteiger partial charge in [-0.2, -0.15) is 0 Å². The molecule has 0 fully saturated rings. The van der Waals surface area contributed by atoms with Crippen molar-refractivity contribution >= 4 is 0 Å². The van der Waals surface area contributed by atoms with Crippen LogP contribution in [-0.2, 0) is 6.42 Å². The van der Waals surface area contributed by atoms with E-state index in [9.17, 15) is 15.3 Å². The van der Waals surface area contributed by atoms with Gasteiger partial charge in [-0.15, -0.1) is 0 Å². The second-order valence-corrected chi connectivity index (χ2v) is 7.49. The van der Waals surface area contributed by atoms with Crippen LogP contribution in [0.4, 0.5) is 0 Å². The van der Waals surface area contributed by atoms with Crippen LogP contribution < -0.4 is 0 Å². The maximum atomic E-state index is 9.45. The molecule has 1 rings (SSSR count). The molecule has 3 nitrogen and oxygen atoms in total. The summed E-state index contributed by atoms with van der Waals surface area (Å²) in [4.78, 5) is 0. The lowest BCUT2D eigenvalue weighted by molar-refractivity contribution is 0.180. The van der Waals surface area contributed by atoms with Crippen molar-refractivity contribution in [2.45, 2.75) is 103 Å².